The first-order chi connectivity index (χ1) is 10.9. The van der Waals surface area contributed by atoms with Gasteiger partial charge in [0, 0.05) is 6.54 Å². The summed E-state index contributed by atoms with van der Waals surface area (Å²) in [6.07, 6.45) is -1.05. The van der Waals surface area contributed by atoms with Crippen LogP contribution < -0.4 is 10.1 Å². The quantitative estimate of drug-likeness (QED) is 0.856. The van der Waals surface area contributed by atoms with Gasteiger partial charge in [0.25, 0.3) is 5.91 Å². The molecule has 0 bridgehead atoms. The summed E-state index contributed by atoms with van der Waals surface area (Å²) >= 11 is 0. The molecule has 0 fully saturated rings. The van der Waals surface area contributed by atoms with E-state index in [9.17, 15) is 18.7 Å². The lowest BCUT2D eigenvalue weighted by Crippen LogP contribution is -2.28. The van der Waals surface area contributed by atoms with E-state index in [-0.39, 0.29) is 18.2 Å². The van der Waals surface area contributed by atoms with Gasteiger partial charge in [-0.25, -0.2) is 0 Å². The highest BCUT2D eigenvalue weighted by atomic mass is 19.3. The predicted molar refractivity (Wildman–Crippen MR) is 78.5 cm³/mol. The van der Waals surface area contributed by atoms with E-state index >= 15 is 0 Å². The van der Waals surface area contributed by atoms with E-state index in [1.165, 1.54) is 18.2 Å². The number of aryl methyl sites for hydroxylation is 2. The Morgan fingerprint density at radius 1 is 1.35 bits per heavy atom. The van der Waals surface area contributed by atoms with Gasteiger partial charge in [-0.1, -0.05) is 12.1 Å². The molecule has 0 spiro atoms. The van der Waals surface area contributed by atoms with Crippen molar-refractivity contribution >= 4 is 5.91 Å². The molecule has 2 N–H and O–H groups in total. The van der Waals surface area contributed by atoms with Crippen molar-refractivity contribution in [2.45, 2.75) is 26.6 Å². The van der Waals surface area contributed by atoms with Crippen LogP contribution in [-0.4, -0.2) is 24.2 Å². The minimum absolute atomic E-state index is 0.0517. The number of aliphatic hydroxyl groups is 1. The van der Waals surface area contributed by atoms with Gasteiger partial charge in [-0.05, 0) is 37.6 Å². The summed E-state index contributed by atoms with van der Waals surface area (Å²) in [5.74, 6) is 0.675. The number of amides is 1. The van der Waals surface area contributed by atoms with Crippen molar-refractivity contribution in [3.8, 4) is 5.75 Å². The summed E-state index contributed by atoms with van der Waals surface area (Å²) in [6, 6.07) is 7.31. The normalized spacial score (nSPS) is 12.3. The molecule has 1 aromatic heterocycles. The highest BCUT2D eigenvalue weighted by molar-refractivity contribution is 5.95. The van der Waals surface area contributed by atoms with Gasteiger partial charge >= 0.3 is 6.61 Å². The lowest BCUT2D eigenvalue weighted by atomic mass is 10.1. The summed E-state index contributed by atoms with van der Waals surface area (Å²) in [5, 5.41) is 12.6. The van der Waals surface area contributed by atoms with E-state index in [2.05, 4.69) is 10.1 Å². The number of carbonyl (C=O) groups excluding carboxylic acids is 1. The third-order valence-electron chi connectivity index (χ3n) is 3.21. The number of hydrogen-bond acceptors (Lipinski definition) is 4. The van der Waals surface area contributed by atoms with Gasteiger partial charge in [0.05, 0.1) is 11.7 Å². The predicted octanol–water partition coefficient (Wildman–Crippen LogP) is 2.96. The monoisotopic (exact) mass is 325 g/mol. The number of rotatable bonds is 6. The maximum absolute atomic E-state index is 12.2. The van der Waals surface area contributed by atoms with Gasteiger partial charge in [0.2, 0.25) is 0 Å². The lowest BCUT2D eigenvalue weighted by molar-refractivity contribution is -0.0499. The van der Waals surface area contributed by atoms with Gasteiger partial charge in [0.1, 0.15) is 17.3 Å². The van der Waals surface area contributed by atoms with Crippen LogP contribution in [0.1, 0.15) is 33.5 Å². The third kappa shape index (κ3) is 4.53. The molecule has 1 amide bonds. The second-order valence-electron chi connectivity index (χ2n) is 5.00. The zero-order valence-electron chi connectivity index (χ0n) is 12.7. The molecule has 0 saturated carbocycles. The summed E-state index contributed by atoms with van der Waals surface area (Å²) in [4.78, 5) is 12.0. The number of ether oxygens (including phenoxy) is 1. The Hall–Kier alpha value is -2.41. The van der Waals surface area contributed by atoms with E-state index in [1.54, 1.807) is 26.0 Å². The summed E-state index contributed by atoms with van der Waals surface area (Å²) in [5.41, 5.74) is 0.757. The van der Waals surface area contributed by atoms with Crippen LogP contribution >= 0.6 is 0 Å². The van der Waals surface area contributed by atoms with Crippen molar-refractivity contribution in [1.82, 2.24) is 5.32 Å². The van der Waals surface area contributed by atoms with Crippen LogP contribution in [0.15, 0.2) is 34.7 Å². The number of nitrogens with one attached hydrogen (secondary N) is 1. The molecule has 5 nitrogen and oxygen atoms in total. The SMILES string of the molecule is Cc1cc(C(=O)NCC(O)c2cccc(OC(F)F)c2)c(C)o1. The van der Waals surface area contributed by atoms with E-state index < -0.39 is 12.7 Å². The Morgan fingerprint density at radius 3 is 2.70 bits per heavy atom. The topological polar surface area (TPSA) is 71.7 Å². The zero-order valence-corrected chi connectivity index (χ0v) is 12.7. The van der Waals surface area contributed by atoms with Gasteiger partial charge in [-0.15, -0.1) is 0 Å². The molecular weight excluding hydrogens is 308 g/mol. The van der Waals surface area contributed by atoms with Crippen LogP contribution in [0.3, 0.4) is 0 Å². The second-order valence-corrected chi connectivity index (χ2v) is 5.00. The minimum Gasteiger partial charge on any atom is -0.466 e. The number of carbonyl (C=O) groups is 1. The van der Waals surface area contributed by atoms with Gasteiger partial charge in [-0.3, -0.25) is 4.79 Å². The maximum Gasteiger partial charge on any atom is 0.387 e. The maximum atomic E-state index is 12.2. The fraction of sp³-hybridized carbons (Fsp3) is 0.312. The van der Waals surface area contributed by atoms with Gasteiger partial charge < -0.3 is 19.6 Å². The van der Waals surface area contributed by atoms with Crippen molar-refractivity contribution in [2.75, 3.05) is 6.54 Å². The Kier molecular flexibility index (Phi) is 5.33. The van der Waals surface area contributed by atoms with Gasteiger partial charge in [-0.2, -0.15) is 8.78 Å². The molecule has 1 unspecified atom stereocenters. The number of benzene rings is 1. The molecule has 1 heterocycles. The molecular formula is C16H17F2NO4. The Labute approximate surface area is 131 Å². The van der Waals surface area contributed by atoms with Crippen molar-refractivity contribution in [3.63, 3.8) is 0 Å². The number of aliphatic hydroxyl groups excluding tert-OH is 1. The zero-order chi connectivity index (χ0) is 17.0. The van der Waals surface area contributed by atoms with Crippen molar-refractivity contribution < 1.29 is 27.8 Å². The number of halogens is 2. The van der Waals surface area contributed by atoms with E-state index in [1.807, 2.05) is 0 Å². The molecule has 23 heavy (non-hydrogen) atoms. The smallest absolute Gasteiger partial charge is 0.387 e. The molecule has 0 aliphatic carbocycles. The molecule has 0 radical (unpaired) electrons. The van der Waals surface area contributed by atoms with Crippen LogP contribution in [0.25, 0.3) is 0 Å². The first kappa shape index (κ1) is 17.0. The van der Waals surface area contributed by atoms with Gasteiger partial charge in [0.15, 0.2) is 0 Å². The van der Waals surface area contributed by atoms with Crippen LogP contribution in [0, 0.1) is 13.8 Å². The van der Waals surface area contributed by atoms with Crippen molar-refractivity contribution in [1.29, 1.82) is 0 Å². The first-order valence-corrected chi connectivity index (χ1v) is 6.95. The highest BCUT2D eigenvalue weighted by Gasteiger charge is 2.16. The lowest BCUT2D eigenvalue weighted by Gasteiger charge is -2.13. The van der Waals surface area contributed by atoms with Crippen LogP contribution in [0.2, 0.25) is 0 Å². The molecule has 1 aromatic carbocycles. The first-order valence-electron chi connectivity index (χ1n) is 6.95. The van der Waals surface area contributed by atoms with E-state index in [4.69, 9.17) is 4.42 Å². The van der Waals surface area contributed by atoms with E-state index in [0.29, 0.717) is 22.6 Å². The van der Waals surface area contributed by atoms with E-state index in [0.717, 1.165) is 0 Å². The Bertz CT molecular complexity index is 684. The fourth-order valence-electron chi connectivity index (χ4n) is 2.16. The molecule has 7 heteroatoms. The average molecular weight is 325 g/mol. The standard InChI is InChI=1S/C16H17F2NO4/c1-9-6-13(10(2)22-9)15(21)19-8-14(20)11-4-3-5-12(7-11)23-16(17)18/h3-7,14,16,20H,8H2,1-2H3,(H,19,21). The Morgan fingerprint density at radius 2 is 2.09 bits per heavy atom. The van der Waals surface area contributed by atoms with Crippen molar-refractivity contribution in [2.24, 2.45) is 0 Å². The molecule has 124 valence electrons. The Balaban J connectivity index is 1.98. The van der Waals surface area contributed by atoms with Crippen LogP contribution in [0.5, 0.6) is 5.75 Å². The molecule has 1 atom stereocenters. The molecule has 0 saturated heterocycles. The third-order valence-corrected chi connectivity index (χ3v) is 3.21. The molecule has 0 aliphatic rings. The van der Waals surface area contributed by atoms with Crippen LogP contribution in [-0.2, 0) is 0 Å². The molecule has 0 aliphatic heterocycles. The minimum atomic E-state index is -2.94. The number of hydrogen-bond donors (Lipinski definition) is 2. The highest BCUT2D eigenvalue weighted by Crippen LogP contribution is 2.21. The summed E-state index contributed by atoms with van der Waals surface area (Å²) in [7, 11) is 0. The van der Waals surface area contributed by atoms with Crippen molar-refractivity contribution in [3.05, 3.63) is 53.0 Å². The summed E-state index contributed by atoms with van der Waals surface area (Å²) in [6.45, 7) is 0.395. The number of alkyl halides is 2. The number of furan rings is 1. The molecule has 2 rings (SSSR count). The fourth-order valence-corrected chi connectivity index (χ4v) is 2.16. The summed E-state index contributed by atoms with van der Waals surface area (Å²) < 4.78 is 33.9. The molecule has 2 aromatic rings. The average Bonchev–Trinajstić information content (AvgIpc) is 2.83. The van der Waals surface area contributed by atoms with Crippen LogP contribution in [0.4, 0.5) is 8.78 Å². The second kappa shape index (κ2) is 7.23. The largest absolute Gasteiger partial charge is 0.466 e.